The Bertz CT molecular complexity index is 417. The van der Waals surface area contributed by atoms with Gasteiger partial charge in [-0.2, -0.15) is 0 Å². The minimum Gasteiger partial charge on any atom is -0.493 e. The van der Waals surface area contributed by atoms with Crippen LogP contribution in [0.25, 0.3) is 0 Å². The average molecular weight is 235 g/mol. The van der Waals surface area contributed by atoms with Gasteiger partial charge in [-0.3, -0.25) is 4.79 Å². The lowest BCUT2D eigenvalue weighted by Gasteiger charge is -2.12. The van der Waals surface area contributed by atoms with E-state index < -0.39 is 0 Å². The first-order chi connectivity index (χ1) is 8.20. The maximum Gasteiger partial charge on any atom is 0.307 e. The number of esters is 1. The molecule has 0 aliphatic carbocycles. The summed E-state index contributed by atoms with van der Waals surface area (Å²) in [5, 5.41) is 0. The first kappa shape index (κ1) is 11.9. The molecule has 0 amide bonds. The van der Waals surface area contributed by atoms with Gasteiger partial charge < -0.3 is 15.2 Å². The van der Waals surface area contributed by atoms with Crippen molar-refractivity contribution in [1.82, 2.24) is 0 Å². The molecule has 1 aromatic rings. The maximum absolute atomic E-state index is 11.3. The number of benzene rings is 1. The third kappa shape index (κ3) is 2.77. The standard InChI is InChI=1S/C13H17NO3/c1-2-16-13(15)8-11(14)10-4-3-9-5-6-17-12(9)7-10/h3-4,7,11H,2,5-6,8,14H2,1H3. The second-order valence-electron chi connectivity index (χ2n) is 4.08. The van der Waals surface area contributed by atoms with Crippen LogP contribution in [0, 0.1) is 0 Å². The highest BCUT2D eigenvalue weighted by Crippen LogP contribution is 2.28. The maximum atomic E-state index is 11.3. The zero-order valence-corrected chi connectivity index (χ0v) is 9.94. The van der Waals surface area contributed by atoms with Crippen molar-refractivity contribution in [3.8, 4) is 5.75 Å². The van der Waals surface area contributed by atoms with E-state index in [9.17, 15) is 4.79 Å². The van der Waals surface area contributed by atoms with Gasteiger partial charge in [-0.1, -0.05) is 12.1 Å². The molecule has 1 aliphatic rings. The molecule has 2 N–H and O–H groups in total. The molecule has 1 aliphatic heterocycles. The minimum atomic E-state index is -0.330. The van der Waals surface area contributed by atoms with E-state index in [1.807, 2.05) is 18.2 Å². The van der Waals surface area contributed by atoms with Gasteiger partial charge in [-0.25, -0.2) is 0 Å². The van der Waals surface area contributed by atoms with Crippen LogP contribution < -0.4 is 10.5 Å². The molecule has 0 spiro atoms. The van der Waals surface area contributed by atoms with Gasteiger partial charge in [0, 0.05) is 12.5 Å². The first-order valence-corrected chi connectivity index (χ1v) is 5.87. The van der Waals surface area contributed by atoms with Gasteiger partial charge in [0.1, 0.15) is 5.75 Å². The lowest BCUT2D eigenvalue weighted by Crippen LogP contribution is -2.17. The smallest absolute Gasteiger partial charge is 0.307 e. The molecule has 4 nitrogen and oxygen atoms in total. The number of carbonyl (C=O) groups is 1. The monoisotopic (exact) mass is 235 g/mol. The Morgan fingerprint density at radius 3 is 3.18 bits per heavy atom. The summed E-state index contributed by atoms with van der Waals surface area (Å²) in [5.74, 6) is 0.628. The second-order valence-corrected chi connectivity index (χ2v) is 4.08. The summed E-state index contributed by atoms with van der Waals surface area (Å²) in [6, 6.07) is 5.57. The Kier molecular flexibility index (Phi) is 3.64. The number of rotatable bonds is 4. The molecule has 0 fully saturated rings. The van der Waals surface area contributed by atoms with E-state index in [0.29, 0.717) is 6.61 Å². The van der Waals surface area contributed by atoms with E-state index >= 15 is 0 Å². The topological polar surface area (TPSA) is 61.5 Å². The molecule has 0 bridgehead atoms. The number of fused-ring (bicyclic) bond motifs is 1. The Morgan fingerprint density at radius 2 is 2.41 bits per heavy atom. The molecule has 1 aromatic carbocycles. The van der Waals surface area contributed by atoms with Gasteiger partial charge in [-0.05, 0) is 24.1 Å². The van der Waals surface area contributed by atoms with Crippen molar-refractivity contribution in [3.05, 3.63) is 29.3 Å². The zero-order valence-electron chi connectivity index (χ0n) is 9.94. The van der Waals surface area contributed by atoms with Crippen LogP contribution in [0.4, 0.5) is 0 Å². The van der Waals surface area contributed by atoms with Crippen LogP contribution in [-0.4, -0.2) is 19.2 Å². The van der Waals surface area contributed by atoms with Gasteiger partial charge in [-0.15, -0.1) is 0 Å². The molecule has 1 unspecified atom stereocenters. The van der Waals surface area contributed by atoms with Crippen molar-refractivity contribution in [1.29, 1.82) is 0 Å². The summed E-state index contributed by atoms with van der Waals surface area (Å²) in [6.07, 6.45) is 1.15. The molecule has 2 rings (SSSR count). The molecule has 0 saturated heterocycles. The normalized spacial score (nSPS) is 14.9. The van der Waals surface area contributed by atoms with Crippen molar-refractivity contribution in [2.24, 2.45) is 5.73 Å². The largest absolute Gasteiger partial charge is 0.493 e. The predicted octanol–water partition coefficient (Wildman–Crippen LogP) is 1.57. The molecule has 1 heterocycles. The molecular formula is C13H17NO3. The summed E-state index contributed by atoms with van der Waals surface area (Å²) in [7, 11) is 0. The first-order valence-electron chi connectivity index (χ1n) is 5.87. The van der Waals surface area contributed by atoms with E-state index in [0.717, 1.165) is 24.3 Å². The molecular weight excluding hydrogens is 218 g/mol. The highest BCUT2D eigenvalue weighted by molar-refractivity contribution is 5.70. The molecule has 0 aromatic heterocycles. The predicted molar refractivity (Wildman–Crippen MR) is 63.8 cm³/mol. The Morgan fingerprint density at radius 1 is 1.59 bits per heavy atom. The van der Waals surface area contributed by atoms with E-state index in [4.69, 9.17) is 15.2 Å². The van der Waals surface area contributed by atoms with Crippen LogP contribution >= 0.6 is 0 Å². The SMILES string of the molecule is CCOC(=O)CC(N)c1ccc2c(c1)OCC2. The quantitative estimate of drug-likeness (QED) is 0.805. The summed E-state index contributed by atoms with van der Waals surface area (Å²) < 4.78 is 10.3. The van der Waals surface area contributed by atoms with Crippen molar-refractivity contribution in [3.63, 3.8) is 0 Å². The summed E-state index contributed by atoms with van der Waals surface area (Å²) in [5.41, 5.74) is 8.08. The van der Waals surface area contributed by atoms with Gasteiger partial charge in [0.25, 0.3) is 0 Å². The number of carbonyl (C=O) groups excluding carboxylic acids is 1. The number of hydrogen-bond donors (Lipinski definition) is 1. The molecule has 0 radical (unpaired) electrons. The van der Waals surface area contributed by atoms with E-state index in [1.165, 1.54) is 5.56 Å². The van der Waals surface area contributed by atoms with Gasteiger partial charge in [0.05, 0.1) is 19.6 Å². The summed E-state index contributed by atoms with van der Waals surface area (Å²) in [4.78, 5) is 11.3. The highest BCUT2D eigenvalue weighted by Gasteiger charge is 2.17. The summed E-state index contributed by atoms with van der Waals surface area (Å²) >= 11 is 0. The van der Waals surface area contributed by atoms with Crippen LogP contribution in [0.5, 0.6) is 5.75 Å². The third-order valence-electron chi connectivity index (χ3n) is 2.84. The molecule has 17 heavy (non-hydrogen) atoms. The average Bonchev–Trinajstić information content (AvgIpc) is 2.75. The zero-order chi connectivity index (χ0) is 12.3. The van der Waals surface area contributed by atoms with Crippen LogP contribution in [0.1, 0.15) is 30.5 Å². The number of ether oxygens (including phenoxy) is 2. The highest BCUT2D eigenvalue weighted by atomic mass is 16.5. The van der Waals surface area contributed by atoms with Gasteiger partial charge in [0.2, 0.25) is 0 Å². The Labute approximate surface area is 101 Å². The lowest BCUT2D eigenvalue weighted by molar-refractivity contribution is -0.143. The van der Waals surface area contributed by atoms with Crippen LogP contribution in [-0.2, 0) is 16.0 Å². The van der Waals surface area contributed by atoms with E-state index in [2.05, 4.69) is 0 Å². The van der Waals surface area contributed by atoms with Gasteiger partial charge in [0.15, 0.2) is 0 Å². The third-order valence-corrected chi connectivity index (χ3v) is 2.84. The van der Waals surface area contributed by atoms with Crippen molar-refractivity contribution < 1.29 is 14.3 Å². The Hall–Kier alpha value is -1.55. The molecule has 1 atom stereocenters. The second kappa shape index (κ2) is 5.19. The van der Waals surface area contributed by atoms with Crippen LogP contribution in [0.3, 0.4) is 0 Å². The molecule has 0 saturated carbocycles. The van der Waals surface area contributed by atoms with Crippen molar-refractivity contribution in [2.45, 2.75) is 25.8 Å². The summed E-state index contributed by atoms with van der Waals surface area (Å²) in [6.45, 7) is 2.90. The number of hydrogen-bond acceptors (Lipinski definition) is 4. The van der Waals surface area contributed by atoms with Crippen LogP contribution in [0.2, 0.25) is 0 Å². The van der Waals surface area contributed by atoms with Crippen LogP contribution in [0.15, 0.2) is 18.2 Å². The van der Waals surface area contributed by atoms with Crippen molar-refractivity contribution >= 4 is 5.97 Å². The molecule has 4 heteroatoms. The fourth-order valence-corrected chi connectivity index (χ4v) is 1.93. The van der Waals surface area contributed by atoms with E-state index in [1.54, 1.807) is 6.92 Å². The minimum absolute atomic E-state index is 0.201. The fraction of sp³-hybridized carbons (Fsp3) is 0.462. The number of nitrogens with two attached hydrogens (primary N) is 1. The molecule has 92 valence electrons. The van der Waals surface area contributed by atoms with Crippen molar-refractivity contribution in [2.75, 3.05) is 13.2 Å². The van der Waals surface area contributed by atoms with E-state index in [-0.39, 0.29) is 18.4 Å². The lowest BCUT2D eigenvalue weighted by atomic mass is 10.0. The Balaban J connectivity index is 2.04. The fourth-order valence-electron chi connectivity index (χ4n) is 1.93. The van der Waals surface area contributed by atoms with Gasteiger partial charge >= 0.3 is 5.97 Å².